The smallest absolute Gasteiger partial charge is 0.0740 e. The fourth-order valence-corrected chi connectivity index (χ4v) is 2.22. The van der Waals surface area contributed by atoms with E-state index in [1.807, 2.05) is 18.3 Å². The molecule has 0 bridgehead atoms. The first-order valence-electron chi connectivity index (χ1n) is 4.61. The minimum absolute atomic E-state index is 0.993. The van der Waals surface area contributed by atoms with Crippen LogP contribution in [0, 0.1) is 0 Å². The highest BCUT2D eigenvalue weighted by Crippen LogP contribution is 2.35. The van der Waals surface area contributed by atoms with Gasteiger partial charge in [0.2, 0.25) is 0 Å². The summed E-state index contributed by atoms with van der Waals surface area (Å²) in [6, 6.07) is 10.4. The minimum atomic E-state index is 0.993. The van der Waals surface area contributed by atoms with Crippen molar-refractivity contribution >= 4 is 12.6 Å². The lowest BCUT2D eigenvalue weighted by Crippen LogP contribution is -1.81. The standard InChI is InChI=1S/C12H9NS/c14-10-3-4-11-9(7-10)6-8-2-1-5-13-12(8)11/h1-5,7,14H,6H2. The monoisotopic (exact) mass is 199 g/mol. The highest BCUT2D eigenvalue weighted by atomic mass is 32.1. The van der Waals surface area contributed by atoms with E-state index < -0.39 is 0 Å². The number of nitrogens with zero attached hydrogens (tertiary/aromatic N) is 1. The normalized spacial score (nSPS) is 12.4. The summed E-state index contributed by atoms with van der Waals surface area (Å²) in [5, 5.41) is 0. The lowest BCUT2D eigenvalue weighted by atomic mass is 10.1. The molecule has 1 heterocycles. The third-order valence-electron chi connectivity index (χ3n) is 2.62. The van der Waals surface area contributed by atoms with E-state index in [0.717, 1.165) is 17.0 Å². The first-order valence-corrected chi connectivity index (χ1v) is 5.05. The van der Waals surface area contributed by atoms with Crippen molar-refractivity contribution in [3.8, 4) is 11.3 Å². The summed E-state index contributed by atoms with van der Waals surface area (Å²) in [5.41, 5.74) is 5.06. The van der Waals surface area contributed by atoms with Crippen molar-refractivity contribution in [2.24, 2.45) is 0 Å². The summed E-state index contributed by atoms with van der Waals surface area (Å²) in [5.74, 6) is 0. The molecule has 1 aliphatic carbocycles. The van der Waals surface area contributed by atoms with Crippen molar-refractivity contribution < 1.29 is 0 Å². The molecule has 0 N–H and O–H groups in total. The summed E-state index contributed by atoms with van der Waals surface area (Å²) in [7, 11) is 0. The van der Waals surface area contributed by atoms with Crippen LogP contribution in [0.2, 0.25) is 0 Å². The zero-order valence-electron chi connectivity index (χ0n) is 7.57. The molecule has 0 saturated carbocycles. The van der Waals surface area contributed by atoms with Crippen LogP contribution in [0.1, 0.15) is 11.1 Å². The van der Waals surface area contributed by atoms with E-state index in [4.69, 9.17) is 0 Å². The van der Waals surface area contributed by atoms with Crippen LogP contribution in [0.3, 0.4) is 0 Å². The van der Waals surface area contributed by atoms with Crippen LogP contribution in [0.4, 0.5) is 0 Å². The molecule has 1 aromatic heterocycles. The summed E-state index contributed by atoms with van der Waals surface area (Å²) in [6.07, 6.45) is 2.84. The number of benzene rings is 1. The van der Waals surface area contributed by atoms with Crippen LogP contribution in [0.25, 0.3) is 11.3 Å². The van der Waals surface area contributed by atoms with Crippen molar-refractivity contribution in [1.29, 1.82) is 0 Å². The molecule has 0 fully saturated rings. The molecule has 0 aliphatic heterocycles. The van der Waals surface area contributed by atoms with Gasteiger partial charge in [0.1, 0.15) is 0 Å². The van der Waals surface area contributed by atoms with E-state index in [0.29, 0.717) is 0 Å². The lowest BCUT2D eigenvalue weighted by molar-refractivity contribution is 1.22. The van der Waals surface area contributed by atoms with E-state index in [9.17, 15) is 0 Å². The van der Waals surface area contributed by atoms with Gasteiger partial charge in [0.05, 0.1) is 5.69 Å². The van der Waals surface area contributed by atoms with Gasteiger partial charge in [0, 0.05) is 23.1 Å². The Morgan fingerprint density at radius 1 is 1.14 bits per heavy atom. The van der Waals surface area contributed by atoms with Crippen LogP contribution in [0.15, 0.2) is 41.4 Å². The second-order valence-corrected chi connectivity index (χ2v) is 4.05. The van der Waals surface area contributed by atoms with Gasteiger partial charge in [-0.05, 0) is 29.3 Å². The Hall–Kier alpha value is -1.28. The third-order valence-corrected chi connectivity index (χ3v) is 2.89. The Kier molecular flexibility index (Phi) is 1.64. The quantitative estimate of drug-likeness (QED) is 0.549. The molecule has 0 amide bonds. The molecule has 1 nitrogen and oxygen atoms in total. The molecule has 1 aliphatic rings. The molecule has 0 unspecified atom stereocenters. The van der Waals surface area contributed by atoms with E-state index in [-0.39, 0.29) is 0 Å². The maximum Gasteiger partial charge on any atom is 0.0740 e. The maximum absolute atomic E-state index is 4.41. The molecule has 0 atom stereocenters. The van der Waals surface area contributed by atoms with Crippen LogP contribution in [0.5, 0.6) is 0 Å². The van der Waals surface area contributed by atoms with Crippen molar-refractivity contribution in [3.63, 3.8) is 0 Å². The van der Waals surface area contributed by atoms with Gasteiger partial charge in [-0.2, -0.15) is 0 Å². The largest absolute Gasteiger partial charge is 0.256 e. The molecule has 1 aromatic carbocycles. The predicted molar refractivity (Wildman–Crippen MR) is 59.7 cm³/mol. The first kappa shape index (κ1) is 8.06. The average Bonchev–Trinajstić information content (AvgIpc) is 2.54. The topological polar surface area (TPSA) is 12.9 Å². The predicted octanol–water partition coefficient (Wildman–Crippen LogP) is 2.94. The van der Waals surface area contributed by atoms with Gasteiger partial charge >= 0.3 is 0 Å². The minimum Gasteiger partial charge on any atom is -0.256 e. The van der Waals surface area contributed by atoms with E-state index in [1.165, 1.54) is 16.7 Å². The maximum atomic E-state index is 4.41. The van der Waals surface area contributed by atoms with Gasteiger partial charge < -0.3 is 0 Å². The summed E-state index contributed by atoms with van der Waals surface area (Å²) in [6.45, 7) is 0. The van der Waals surface area contributed by atoms with Gasteiger partial charge in [-0.3, -0.25) is 4.98 Å². The molecule has 0 radical (unpaired) electrons. The zero-order chi connectivity index (χ0) is 9.54. The molecular formula is C12H9NS. The number of hydrogen-bond acceptors (Lipinski definition) is 2. The Bertz CT molecular complexity index is 505. The van der Waals surface area contributed by atoms with E-state index in [1.54, 1.807) is 0 Å². The summed E-state index contributed by atoms with van der Waals surface area (Å²) >= 11 is 4.34. The Balaban J connectivity index is 2.27. The van der Waals surface area contributed by atoms with Crippen LogP contribution in [-0.4, -0.2) is 4.98 Å². The number of pyridine rings is 1. The molecule has 3 rings (SSSR count). The Labute approximate surface area is 88.2 Å². The summed E-state index contributed by atoms with van der Waals surface area (Å²) in [4.78, 5) is 5.43. The zero-order valence-corrected chi connectivity index (χ0v) is 8.46. The average molecular weight is 199 g/mol. The Morgan fingerprint density at radius 2 is 2.07 bits per heavy atom. The first-order chi connectivity index (χ1) is 6.84. The van der Waals surface area contributed by atoms with Crippen molar-refractivity contribution in [1.82, 2.24) is 4.98 Å². The fraction of sp³-hybridized carbons (Fsp3) is 0.0833. The van der Waals surface area contributed by atoms with E-state index in [2.05, 4.69) is 35.8 Å². The van der Waals surface area contributed by atoms with Gasteiger partial charge in [0.15, 0.2) is 0 Å². The highest BCUT2D eigenvalue weighted by Gasteiger charge is 2.18. The molecule has 2 aromatic rings. The highest BCUT2D eigenvalue weighted by molar-refractivity contribution is 7.80. The SMILES string of the molecule is Sc1ccc2c(c1)Cc1cccnc1-2. The van der Waals surface area contributed by atoms with Crippen molar-refractivity contribution in [2.75, 3.05) is 0 Å². The number of rotatable bonds is 0. The molecule has 0 spiro atoms. The van der Waals surface area contributed by atoms with Crippen LogP contribution >= 0.6 is 12.6 Å². The van der Waals surface area contributed by atoms with Gasteiger partial charge in [-0.15, -0.1) is 12.6 Å². The number of fused-ring (bicyclic) bond motifs is 3. The third kappa shape index (κ3) is 1.07. The molecule has 68 valence electrons. The second kappa shape index (κ2) is 2.85. The number of thiol groups is 1. The van der Waals surface area contributed by atoms with Gasteiger partial charge in [0.25, 0.3) is 0 Å². The summed E-state index contributed by atoms with van der Waals surface area (Å²) < 4.78 is 0. The van der Waals surface area contributed by atoms with Crippen LogP contribution < -0.4 is 0 Å². The Morgan fingerprint density at radius 3 is 3.00 bits per heavy atom. The van der Waals surface area contributed by atoms with Gasteiger partial charge in [-0.1, -0.05) is 12.1 Å². The second-order valence-electron chi connectivity index (χ2n) is 3.53. The molecule has 0 saturated heterocycles. The molecule has 2 heteroatoms. The van der Waals surface area contributed by atoms with Crippen molar-refractivity contribution in [3.05, 3.63) is 47.7 Å². The molecule has 14 heavy (non-hydrogen) atoms. The lowest BCUT2D eigenvalue weighted by Gasteiger charge is -1.99. The number of aromatic nitrogens is 1. The number of hydrogen-bond donors (Lipinski definition) is 1. The van der Waals surface area contributed by atoms with E-state index >= 15 is 0 Å². The fourth-order valence-electron chi connectivity index (χ4n) is 1.99. The van der Waals surface area contributed by atoms with Gasteiger partial charge in [-0.25, -0.2) is 0 Å². The molecular weight excluding hydrogens is 190 g/mol. The van der Waals surface area contributed by atoms with Crippen LogP contribution in [-0.2, 0) is 6.42 Å². The van der Waals surface area contributed by atoms with Crippen molar-refractivity contribution in [2.45, 2.75) is 11.3 Å².